The van der Waals surface area contributed by atoms with Crippen molar-refractivity contribution in [1.82, 2.24) is 14.9 Å². The Labute approximate surface area is 116 Å². The van der Waals surface area contributed by atoms with E-state index in [-0.39, 0.29) is 10.3 Å². The lowest BCUT2D eigenvalue weighted by atomic mass is 10.2. The van der Waals surface area contributed by atoms with Crippen molar-refractivity contribution in [3.8, 4) is 0 Å². The molecule has 1 aromatic carbocycles. The van der Waals surface area contributed by atoms with E-state index in [0.717, 1.165) is 14.7 Å². The number of halogens is 1. The number of H-pyrrole nitrogens is 1. The van der Waals surface area contributed by atoms with Crippen molar-refractivity contribution in [3.63, 3.8) is 0 Å². The minimum atomic E-state index is -0.329. The van der Waals surface area contributed by atoms with E-state index in [2.05, 4.69) is 31.2 Å². The van der Waals surface area contributed by atoms with Crippen LogP contribution in [-0.4, -0.2) is 21.1 Å². The Kier molecular flexibility index (Phi) is 3.83. The summed E-state index contributed by atoms with van der Waals surface area (Å²) >= 11 is 8.32. The van der Waals surface area contributed by atoms with Crippen LogP contribution in [0.1, 0.15) is 11.3 Å². The molecule has 5 nitrogen and oxygen atoms in total. The topological polar surface area (TPSA) is 63.0 Å². The van der Waals surface area contributed by atoms with Gasteiger partial charge in [-0.15, -0.1) is 0 Å². The highest BCUT2D eigenvalue weighted by Crippen LogP contribution is 2.09. The maximum Gasteiger partial charge on any atom is 0.296 e. The standard InChI is InChI=1S/C11H9BrN4OS/c1-7-10(17)16(11(18)15-14-7)13-6-8-3-2-4-9(12)5-8/h2-6H,1H3,(H,15,18)/b13-6-. The minimum Gasteiger partial charge on any atom is -0.265 e. The quantitative estimate of drug-likeness (QED) is 0.680. The van der Waals surface area contributed by atoms with E-state index in [1.165, 1.54) is 0 Å². The molecule has 0 bridgehead atoms. The van der Waals surface area contributed by atoms with Gasteiger partial charge in [0.1, 0.15) is 5.69 Å². The Morgan fingerprint density at radius 1 is 1.56 bits per heavy atom. The molecule has 1 aromatic heterocycles. The molecule has 0 unspecified atom stereocenters. The van der Waals surface area contributed by atoms with Crippen LogP contribution in [0.25, 0.3) is 0 Å². The first-order chi connectivity index (χ1) is 8.58. The zero-order chi connectivity index (χ0) is 13.1. The highest BCUT2D eigenvalue weighted by molar-refractivity contribution is 9.10. The number of aromatic amines is 1. The van der Waals surface area contributed by atoms with E-state index >= 15 is 0 Å². The molecule has 0 saturated carbocycles. The number of hydrogen-bond donors (Lipinski definition) is 1. The molecule has 0 saturated heterocycles. The van der Waals surface area contributed by atoms with Crippen LogP contribution in [0.2, 0.25) is 0 Å². The molecule has 92 valence electrons. The van der Waals surface area contributed by atoms with E-state index in [9.17, 15) is 4.79 Å². The number of hydrogen-bond acceptors (Lipinski definition) is 4. The monoisotopic (exact) mass is 324 g/mol. The van der Waals surface area contributed by atoms with Crippen molar-refractivity contribution in [1.29, 1.82) is 0 Å². The maximum atomic E-state index is 11.8. The second-order valence-electron chi connectivity index (χ2n) is 3.53. The molecule has 2 aromatic rings. The third-order valence-corrected chi connectivity index (χ3v) is 2.94. The number of nitrogens with one attached hydrogen (secondary N) is 1. The van der Waals surface area contributed by atoms with Crippen molar-refractivity contribution in [2.75, 3.05) is 0 Å². The zero-order valence-corrected chi connectivity index (χ0v) is 11.8. The summed E-state index contributed by atoms with van der Waals surface area (Å²) in [6.45, 7) is 1.60. The summed E-state index contributed by atoms with van der Waals surface area (Å²) in [6.07, 6.45) is 1.56. The zero-order valence-electron chi connectivity index (χ0n) is 9.42. The molecular formula is C11H9BrN4OS. The summed E-state index contributed by atoms with van der Waals surface area (Å²) in [5.74, 6) is 0. The van der Waals surface area contributed by atoms with Crippen molar-refractivity contribution >= 4 is 34.4 Å². The van der Waals surface area contributed by atoms with Crippen LogP contribution >= 0.6 is 28.1 Å². The van der Waals surface area contributed by atoms with Crippen LogP contribution in [0, 0.1) is 11.7 Å². The molecule has 0 amide bonds. The van der Waals surface area contributed by atoms with Gasteiger partial charge in [0.15, 0.2) is 0 Å². The van der Waals surface area contributed by atoms with Crippen LogP contribution in [0.15, 0.2) is 38.6 Å². The number of rotatable bonds is 2. The van der Waals surface area contributed by atoms with Crippen LogP contribution in [0.5, 0.6) is 0 Å². The van der Waals surface area contributed by atoms with Gasteiger partial charge in [-0.05, 0) is 36.8 Å². The van der Waals surface area contributed by atoms with Crippen LogP contribution in [0.3, 0.4) is 0 Å². The first-order valence-electron chi connectivity index (χ1n) is 5.06. The third kappa shape index (κ3) is 2.80. The van der Waals surface area contributed by atoms with E-state index in [0.29, 0.717) is 5.69 Å². The van der Waals surface area contributed by atoms with Crippen molar-refractivity contribution < 1.29 is 0 Å². The first kappa shape index (κ1) is 12.8. The molecule has 0 aliphatic carbocycles. The fourth-order valence-corrected chi connectivity index (χ4v) is 1.88. The second kappa shape index (κ2) is 5.36. The van der Waals surface area contributed by atoms with Gasteiger partial charge in [0, 0.05) is 4.47 Å². The summed E-state index contributed by atoms with van der Waals surface area (Å²) in [4.78, 5) is 11.8. The fraction of sp³-hybridized carbons (Fsp3) is 0.0909. The smallest absolute Gasteiger partial charge is 0.265 e. The van der Waals surface area contributed by atoms with E-state index < -0.39 is 0 Å². The normalized spacial score (nSPS) is 11.0. The predicted molar refractivity (Wildman–Crippen MR) is 75.6 cm³/mol. The van der Waals surface area contributed by atoms with Gasteiger partial charge >= 0.3 is 0 Å². The molecule has 0 spiro atoms. The summed E-state index contributed by atoms with van der Waals surface area (Å²) < 4.78 is 2.21. The Morgan fingerprint density at radius 2 is 2.33 bits per heavy atom. The van der Waals surface area contributed by atoms with Gasteiger partial charge in [0.05, 0.1) is 6.21 Å². The summed E-state index contributed by atoms with van der Waals surface area (Å²) in [7, 11) is 0. The first-order valence-corrected chi connectivity index (χ1v) is 6.26. The molecule has 0 aliphatic heterocycles. The summed E-state index contributed by atoms with van der Waals surface area (Å²) in [5, 5.41) is 10.4. The molecular weight excluding hydrogens is 316 g/mol. The lowest BCUT2D eigenvalue weighted by Crippen LogP contribution is -2.22. The Balaban J connectivity index is 2.44. The Hall–Kier alpha value is -1.60. The molecule has 0 fully saturated rings. The largest absolute Gasteiger partial charge is 0.296 e. The van der Waals surface area contributed by atoms with Crippen molar-refractivity contribution in [3.05, 3.63) is 55.1 Å². The van der Waals surface area contributed by atoms with Gasteiger partial charge in [-0.25, -0.2) is 0 Å². The lowest BCUT2D eigenvalue weighted by Gasteiger charge is -1.99. The Bertz CT molecular complexity index is 719. The van der Waals surface area contributed by atoms with Crippen molar-refractivity contribution in [2.45, 2.75) is 6.92 Å². The van der Waals surface area contributed by atoms with Gasteiger partial charge in [0.25, 0.3) is 5.56 Å². The molecule has 0 radical (unpaired) electrons. The molecule has 0 atom stereocenters. The molecule has 0 aliphatic rings. The van der Waals surface area contributed by atoms with Crippen LogP contribution in [-0.2, 0) is 0 Å². The third-order valence-electron chi connectivity index (χ3n) is 2.18. The number of nitrogens with zero attached hydrogens (tertiary/aromatic N) is 3. The molecule has 7 heteroatoms. The SMILES string of the molecule is Cc1n[nH]c(=S)n(/N=C\c2cccc(Br)c2)c1=O. The highest BCUT2D eigenvalue weighted by atomic mass is 79.9. The molecule has 1 N–H and O–H groups in total. The van der Waals surface area contributed by atoms with Crippen LogP contribution in [0.4, 0.5) is 0 Å². The fourth-order valence-electron chi connectivity index (χ4n) is 1.29. The summed E-state index contributed by atoms with van der Waals surface area (Å²) in [6, 6.07) is 7.55. The average Bonchev–Trinajstić information content (AvgIpc) is 2.34. The Morgan fingerprint density at radius 3 is 3.06 bits per heavy atom. The highest BCUT2D eigenvalue weighted by Gasteiger charge is 2.00. The van der Waals surface area contributed by atoms with E-state index in [4.69, 9.17) is 12.2 Å². The lowest BCUT2D eigenvalue weighted by molar-refractivity contribution is 0.720. The van der Waals surface area contributed by atoms with E-state index in [1.807, 2.05) is 24.3 Å². The number of aryl methyl sites for hydroxylation is 1. The molecule has 18 heavy (non-hydrogen) atoms. The van der Waals surface area contributed by atoms with E-state index in [1.54, 1.807) is 13.1 Å². The minimum absolute atomic E-state index is 0.164. The predicted octanol–water partition coefficient (Wildman–Crippen LogP) is 2.25. The second-order valence-corrected chi connectivity index (χ2v) is 4.83. The molecule has 1 heterocycles. The summed E-state index contributed by atoms with van der Waals surface area (Å²) in [5.41, 5.74) is 0.847. The van der Waals surface area contributed by atoms with Crippen molar-refractivity contribution in [2.24, 2.45) is 5.10 Å². The van der Waals surface area contributed by atoms with Gasteiger partial charge in [0.2, 0.25) is 4.77 Å². The van der Waals surface area contributed by atoms with Gasteiger partial charge < -0.3 is 0 Å². The van der Waals surface area contributed by atoms with Crippen LogP contribution < -0.4 is 5.56 Å². The van der Waals surface area contributed by atoms with Gasteiger partial charge in [-0.2, -0.15) is 14.9 Å². The van der Waals surface area contributed by atoms with Gasteiger partial charge in [-0.1, -0.05) is 28.1 Å². The maximum absolute atomic E-state index is 11.8. The number of benzene rings is 1. The number of aromatic nitrogens is 3. The van der Waals surface area contributed by atoms with Gasteiger partial charge in [-0.3, -0.25) is 9.89 Å². The average molecular weight is 325 g/mol. The molecule has 2 rings (SSSR count).